The molecule has 0 aromatic heterocycles. The molecule has 0 bridgehead atoms. The van der Waals surface area contributed by atoms with Crippen molar-refractivity contribution in [2.75, 3.05) is 44.2 Å². The van der Waals surface area contributed by atoms with E-state index in [1.54, 1.807) is 0 Å². The number of benzene rings is 2. The molecule has 25 heavy (non-hydrogen) atoms. The van der Waals surface area contributed by atoms with Crippen molar-refractivity contribution in [3.63, 3.8) is 0 Å². The summed E-state index contributed by atoms with van der Waals surface area (Å²) in [4.78, 5) is 18.5. The normalized spacial score (nSPS) is 20.2. The van der Waals surface area contributed by atoms with Crippen LogP contribution in [0.5, 0.6) is 0 Å². The Kier molecular flexibility index (Phi) is 4.70. The minimum absolute atomic E-state index is 0.307. The lowest BCUT2D eigenvalue weighted by Crippen LogP contribution is -3.12. The Hall–Kier alpha value is -2.33. The van der Waals surface area contributed by atoms with Crippen molar-refractivity contribution in [2.45, 2.75) is 13.0 Å². The van der Waals surface area contributed by atoms with Gasteiger partial charge in [-0.15, -0.1) is 0 Å². The summed E-state index contributed by atoms with van der Waals surface area (Å²) in [6.45, 7) is 6.18. The van der Waals surface area contributed by atoms with Crippen LogP contribution in [-0.4, -0.2) is 50.1 Å². The maximum absolute atomic E-state index is 12.7. The molecule has 2 aliphatic rings. The summed E-state index contributed by atoms with van der Waals surface area (Å²) in [6, 6.07) is 19.1. The third-order valence-corrected chi connectivity index (χ3v) is 5.46. The number of quaternary nitrogens is 1. The van der Waals surface area contributed by atoms with Crippen LogP contribution in [0, 0.1) is 0 Å². The van der Waals surface area contributed by atoms with E-state index in [2.05, 4.69) is 53.4 Å². The van der Waals surface area contributed by atoms with Gasteiger partial charge in [-0.25, -0.2) is 0 Å². The Morgan fingerprint density at radius 3 is 2.32 bits per heavy atom. The number of rotatable bonds is 3. The van der Waals surface area contributed by atoms with E-state index in [-0.39, 0.29) is 0 Å². The Balaban J connectivity index is 1.30. The number of anilines is 1. The molecule has 0 radical (unpaired) electrons. The summed E-state index contributed by atoms with van der Waals surface area (Å²) in [5.41, 5.74) is 4.12. The van der Waals surface area contributed by atoms with Crippen molar-refractivity contribution < 1.29 is 9.69 Å². The minimum atomic E-state index is 0.307. The second-order valence-corrected chi connectivity index (χ2v) is 7.08. The molecule has 1 fully saturated rings. The van der Waals surface area contributed by atoms with Gasteiger partial charge in [0.2, 0.25) is 0 Å². The van der Waals surface area contributed by atoms with Crippen molar-refractivity contribution in [3.05, 3.63) is 65.7 Å². The molecule has 1 atom stereocenters. The predicted octanol–water partition coefficient (Wildman–Crippen LogP) is 0.976. The van der Waals surface area contributed by atoms with Gasteiger partial charge in [0.05, 0.1) is 6.54 Å². The Labute approximate surface area is 149 Å². The molecule has 130 valence electrons. The number of hydrogen-bond donors (Lipinski definition) is 1. The van der Waals surface area contributed by atoms with E-state index in [0.29, 0.717) is 12.5 Å². The number of carbonyl (C=O) groups excluding carboxylic acids is 1. The number of carbonyl (C=O) groups is 1. The first-order valence-corrected chi connectivity index (χ1v) is 9.28. The molecule has 2 aromatic carbocycles. The zero-order valence-corrected chi connectivity index (χ0v) is 14.7. The minimum Gasteiger partial charge on any atom is -0.368 e. The first kappa shape index (κ1) is 16.2. The van der Waals surface area contributed by atoms with E-state index in [1.165, 1.54) is 21.7 Å². The molecule has 0 spiro atoms. The first-order chi connectivity index (χ1) is 12.3. The fourth-order valence-electron chi connectivity index (χ4n) is 3.97. The highest BCUT2D eigenvalue weighted by Gasteiger charge is 2.26. The highest BCUT2D eigenvalue weighted by Crippen LogP contribution is 2.15. The Morgan fingerprint density at radius 1 is 0.880 bits per heavy atom. The van der Waals surface area contributed by atoms with Gasteiger partial charge in [-0.3, -0.25) is 4.79 Å². The average Bonchev–Trinajstić information content (AvgIpc) is 2.69. The highest BCUT2D eigenvalue weighted by atomic mass is 16.2. The molecular weight excluding hydrogens is 310 g/mol. The monoisotopic (exact) mass is 336 g/mol. The summed E-state index contributed by atoms with van der Waals surface area (Å²) >= 11 is 0. The molecule has 0 aliphatic carbocycles. The van der Waals surface area contributed by atoms with Crippen LogP contribution in [-0.2, 0) is 17.8 Å². The van der Waals surface area contributed by atoms with Gasteiger partial charge in [-0.2, -0.15) is 0 Å². The lowest BCUT2D eigenvalue weighted by Gasteiger charge is -2.36. The van der Waals surface area contributed by atoms with Gasteiger partial charge < -0.3 is 14.7 Å². The molecule has 4 rings (SSSR count). The van der Waals surface area contributed by atoms with Crippen molar-refractivity contribution in [1.82, 2.24) is 4.90 Å². The second-order valence-electron chi connectivity index (χ2n) is 7.08. The average molecular weight is 336 g/mol. The van der Waals surface area contributed by atoms with Gasteiger partial charge in [0.25, 0.3) is 5.91 Å². The van der Waals surface area contributed by atoms with Crippen LogP contribution in [0.25, 0.3) is 0 Å². The van der Waals surface area contributed by atoms with Gasteiger partial charge in [-0.05, 0) is 17.7 Å². The SMILES string of the molecule is O=C(C[NH+]1CCc2ccccc2C1)N1CCN(c2ccccc2)CC1. The zero-order valence-electron chi connectivity index (χ0n) is 14.7. The molecular formula is C21H26N3O+. The molecule has 1 saturated heterocycles. The molecule has 1 unspecified atom stereocenters. The third-order valence-electron chi connectivity index (χ3n) is 5.46. The van der Waals surface area contributed by atoms with Crippen LogP contribution in [0.2, 0.25) is 0 Å². The van der Waals surface area contributed by atoms with Crippen molar-refractivity contribution in [3.8, 4) is 0 Å². The second kappa shape index (κ2) is 7.28. The largest absolute Gasteiger partial charge is 0.368 e. The predicted molar refractivity (Wildman–Crippen MR) is 99.8 cm³/mol. The van der Waals surface area contributed by atoms with E-state index in [9.17, 15) is 4.79 Å². The smallest absolute Gasteiger partial charge is 0.277 e. The zero-order chi connectivity index (χ0) is 17.1. The maximum atomic E-state index is 12.7. The maximum Gasteiger partial charge on any atom is 0.277 e. The van der Waals surface area contributed by atoms with Crippen LogP contribution in [0.4, 0.5) is 5.69 Å². The Bertz CT molecular complexity index is 723. The lowest BCUT2D eigenvalue weighted by atomic mass is 10.00. The van der Waals surface area contributed by atoms with Crippen molar-refractivity contribution in [2.24, 2.45) is 0 Å². The summed E-state index contributed by atoms with van der Waals surface area (Å²) in [7, 11) is 0. The van der Waals surface area contributed by atoms with Crippen LogP contribution < -0.4 is 9.80 Å². The number of fused-ring (bicyclic) bond motifs is 1. The number of para-hydroxylation sites is 1. The molecule has 1 N–H and O–H groups in total. The molecule has 0 saturated carbocycles. The van der Waals surface area contributed by atoms with Gasteiger partial charge in [0, 0.05) is 43.9 Å². The van der Waals surface area contributed by atoms with E-state index < -0.39 is 0 Å². The summed E-state index contributed by atoms with van der Waals surface area (Å²) in [5.74, 6) is 0.307. The van der Waals surface area contributed by atoms with E-state index >= 15 is 0 Å². The molecule has 4 nitrogen and oxygen atoms in total. The van der Waals surface area contributed by atoms with E-state index in [1.807, 2.05) is 11.0 Å². The van der Waals surface area contributed by atoms with E-state index in [4.69, 9.17) is 0 Å². The highest BCUT2D eigenvalue weighted by molar-refractivity contribution is 5.77. The quantitative estimate of drug-likeness (QED) is 0.905. The number of amides is 1. The van der Waals surface area contributed by atoms with Crippen molar-refractivity contribution in [1.29, 1.82) is 0 Å². The van der Waals surface area contributed by atoms with Crippen LogP contribution in [0.3, 0.4) is 0 Å². The first-order valence-electron chi connectivity index (χ1n) is 9.28. The van der Waals surface area contributed by atoms with Crippen molar-refractivity contribution >= 4 is 11.6 Å². The third kappa shape index (κ3) is 3.69. The van der Waals surface area contributed by atoms with Gasteiger partial charge >= 0.3 is 0 Å². The van der Waals surface area contributed by atoms with E-state index in [0.717, 1.165) is 45.7 Å². The number of nitrogens with one attached hydrogen (secondary N) is 1. The van der Waals surface area contributed by atoms with Gasteiger partial charge in [-0.1, -0.05) is 42.5 Å². The Morgan fingerprint density at radius 2 is 1.56 bits per heavy atom. The number of piperazine rings is 1. The lowest BCUT2D eigenvalue weighted by molar-refractivity contribution is -0.908. The molecule has 2 aliphatic heterocycles. The molecule has 2 heterocycles. The fourth-order valence-corrected chi connectivity index (χ4v) is 3.97. The topological polar surface area (TPSA) is 28.0 Å². The molecule has 1 amide bonds. The number of hydrogen-bond acceptors (Lipinski definition) is 2. The fraction of sp³-hybridized carbons (Fsp3) is 0.381. The van der Waals surface area contributed by atoms with Gasteiger partial charge in [0.1, 0.15) is 6.54 Å². The van der Waals surface area contributed by atoms with Crippen LogP contribution in [0.1, 0.15) is 11.1 Å². The molecule has 2 aromatic rings. The number of nitrogens with zero attached hydrogens (tertiary/aromatic N) is 2. The standard InChI is InChI=1S/C21H25N3O/c25-21(17-22-11-10-18-6-4-5-7-19(18)16-22)24-14-12-23(13-15-24)20-8-2-1-3-9-20/h1-9H,10-17H2/p+1. The van der Waals surface area contributed by atoms with Crippen LogP contribution in [0.15, 0.2) is 54.6 Å². The van der Waals surface area contributed by atoms with Crippen LogP contribution >= 0.6 is 0 Å². The molecule has 4 heteroatoms. The van der Waals surface area contributed by atoms with Gasteiger partial charge in [0.15, 0.2) is 6.54 Å². The summed E-state index contributed by atoms with van der Waals surface area (Å²) in [5, 5.41) is 0. The summed E-state index contributed by atoms with van der Waals surface area (Å²) < 4.78 is 0. The summed E-state index contributed by atoms with van der Waals surface area (Å²) in [6.07, 6.45) is 1.08.